The van der Waals surface area contributed by atoms with Crippen molar-refractivity contribution in [3.63, 3.8) is 0 Å². The molecule has 0 fully saturated rings. The lowest BCUT2D eigenvalue weighted by Crippen LogP contribution is -2.35. The van der Waals surface area contributed by atoms with Crippen LogP contribution in [0.5, 0.6) is 0 Å². The van der Waals surface area contributed by atoms with E-state index in [9.17, 15) is 0 Å². The molecule has 0 spiro atoms. The van der Waals surface area contributed by atoms with E-state index >= 15 is 0 Å². The molecule has 0 saturated heterocycles. The summed E-state index contributed by atoms with van der Waals surface area (Å²) in [4.78, 5) is 2.61. The van der Waals surface area contributed by atoms with E-state index in [1.807, 2.05) is 0 Å². The molecule has 0 radical (unpaired) electrons. The number of halogens is 1. The summed E-state index contributed by atoms with van der Waals surface area (Å²) in [5.41, 5.74) is 6.38. The normalized spacial score (nSPS) is 18.9. The summed E-state index contributed by atoms with van der Waals surface area (Å²) >= 11 is 2.49. The Bertz CT molecular complexity index is 409. The fraction of sp³-hybridized carbons (Fsp3) is 0.538. The highest BCUT2D eigenvalue weighted by molar-refractivity contribution is 14.1. The van der Waals surface area contributed by atoms with Gasteiger partial charge in [-0.2, -0.15) is 0 Å². The lowest BCUT2D eigenvalue weighted by Gasteiger charge is -2.38. The van der Waals surface area contributed by atoms with E-state index in [4.69, 9.17) is 0 Å². The van der Waals surface area contributed by atoms with Crippen LogP contribution in [0.25, 0.3) is 0 Å². The van der Waals surface area contributed by atoms with Crippen molar-refractivity contribution < 1.29 is 0 Å². The van der Waals surface area contributed by atoms with Gasteiger partial charge < -0.3 is 4.90 Å². The first-order valence-electron chi connectivity index (χ1n) is 5.83. The third-order valence-electron chi connectivity index (χ3n) is 3.75. The second-order valence-corrected chi connectivity index (χ2v) is 5.83. The van der Waals surface area contributed by atoms with Gasteiger partial charge in [0.1, 0.15) is 0 Å². The van der Waals surface area contributed by atoms with Crippen molar-refractivity contribution in [1.29, 1.82) is 0 Å². The second-order valence-electron chi connectivity index (χ2n) is 4.66. The molecular weight excluding hydrogens is 297 g/mol. The van der Waals surface area contributed by atoms with Gasteiger partial charge in [0, 0.05) is 22.3 Å². The zero-order valence-corrected chi connectivity index (χ0v) is 11.3. The zero-order chi connectivity index (χ0) is 10.4. The maximum absolute atomic E-state index is 2.61. The average Bonchev–Trinajstić information content (AvgIpc) is 2.26. The van der Waals surface area contributed by atoms with Crippen LogP contribution in [0.15, 0.2) is 6.07 Å². The van der Waals surface area contributed by atoms with E-state index < -0.39 is 0 Å². The Morgan fingerprint density at radius 1 is 1.20 bits per heavy atom. The van der Waals surface area contributed by atoms with Crippen molar-refractivity contribution >= 4 is 28.3 Å². The summed E-state index contributed by atoms with van der Waals surface area (Å²) in [7, 11) is 0. The number of aryl methyl sites for hydroxylation is 1. The molecule has 15 heavy (non-hydrogen) atoms. The van der Waals surface area contributed by atoms with Gasteiger partial charge in [0.15, 0.2) is 0 Å². The standard InChI is InChI=1S/C13H16IN/c1-9-11-5-3-7-15-6-2-4-10(13(11)15)8-12(9)14/h8H,2-7H2,1H3. The molecule has 0 amide bonds. The fourth-order valence-electron chi connectivity index (χ4n) is 2.98. The van der Waals surface area contributed by atoms with Crippen LogP contribution in [0.1, 0.15) is 29.5 Å². The maximum Gasteiger partial charge on any atom is 0.0434 e. The molecule has 0 saturated carbocycles. The molecule has 2 heteroatoms. The molecule has 3 rings (SSSR count). The molecule has 0 N–H and O–H groups in total. The van der Waals surface area contributed by atoms with Gasteiger partial charge >= 0.3 is 0 Å². The lowest BCUT2D eigenvalue weighted by molar-refractivity contribution is 0.631. The lowest BCUT2D eigenvalue weighted by atomic mass is 9.89. The maximum atomic E-state index is 2.61. The highest BCUT2D eigenvalue weighted by Gasteiger charge is 2.25. The first-order valence-corrected chi connectivity index (χ1v) is 6.91. The highest BCUT2D eigenvalue weighted by Crippen LogP contribution is 2.38. The molecule has 0 aliphatic carbocycles. The number of benzene rings is 1. The molecule has 0 aromatic heterocycles. The molecule has 2 heterocycles. The summed E-state index contributed by atoms with van der Waals surface area (Å²) in [5, 5.41) is 0. The minimum Gasteiger partial charge on any atom is -0.371 e. The van der Waals surface area contributed by atoms with Gasteiger partial charge in [-0.3, -0.25) is 0 Å². The summed E-state index contributed by atoms with van der Waals surface area (Å²) in [6, 6.07) is 2.41. The van der Waals surface area contributed by atoms with Crippen LogP contribution in [0.3, 0.4) is 0 Å². The first-order chi connectivity index (χ1) is 7.27. The Morgan fingerprint density at radius 3 is 2.73 bits per heavy atom. The summed E-state index contributed by atoms with van der Waals surface area (Å²) in [6.45, 7) is 4.84. The number of rotatable bonds is 0. The highest BCUT2D eigenvalue weighted by atomic mass is 127. The summed E-state index contributed by atoms with van der Waals surface area (Å²) in [5.74, 6) is 0. The van der Waals surface area contributed by atoms with E-state index in [1.165, 1.54) is 47.9 Å². The number of nitrogens with zero attached hydrogens (tertiary/aromatic N) is 1. The van der Waals surface area contributed by atoms with Gasteiger partial charge in [0.25, 0.3) is 0 Å². The quantitative estimate of drug-likeness (QED) is 0.664. The SMILES string of the molecule is Cc1c(I)cc2c3c1CCCN3CCC2. The van der Waals surface area contributed by atoms with Crippen molar-refractivity contribution in [2.24, 2.45) is 0 Å². The molecule has 2 aliphatic heterocycles. The number of hydrogen-bond donors (Lipinski definition) is 0. The van der Waals surface area contributed by atoms with Gasteiger partial charge in [0.05, 0.1) is 0 Å². The molecular formula is C13H16IN. The Morgan fingerprint density at radius 2 is 1.93 bits per heavy atom. The number of anilines is 1. The van der Waals surface area contributed by atoms with Gasteiger partial charge in [0.2, 0.25) is 0 Å². The summed E-state index contributed by atoms with van der Waals surface area (Å²) < 4.78 is 1.46. The Kier molecular flexibility index (Phi) is 2.42. The Labute approximate surface area is 105 Å². The van der Waals surface area contributed by atoms with Crippen molar-refractivity contribution in [3.05, 3.63) is 26.3 Å². The van der Waals surface area contributed by atoms with E-state index in [2.05, 4.69) is 40.5 Å². The van der Waals surface area contributed by atoms with Gasteiger partial charge in [-0.1, -0.05) is 0 Å². The predicted octanol–water partition coefficient (Wildman–Crippen LogP) is 3.30. The number of hydrogen-bond acceptors (Lipinski definition) is 1. The Hall–Kier alpha value is -0.250. The smallest absolute Gasteiger partial charge is 0.0434 e. The molecule has 80 valence electrons. The predicted molar refractivity (Wildman–Crippen MR) is 72.8 cm³/mol. The molecule has 2 aliphatic rings. The topological polar surface area (TPSA) is 3.24 Å². The van der Waals surface area contributed by atoms with Crippen molar-refractivity contribution in [2.45, 2.75) is 32.6 Å². The van der Waals surface area contributed by atoms with Crippen LogP contribution in [-0.2, 0) is 12.8 Å². The Balaban J connectivity index is 2.25. The van der Waals surface area contributed by atoms with E-state index in [0.717, 1.165) is 0 Å². The minimum absolute atomic E-state index is 1.28. The van der Waals surface area contributed by atoms with E-state index in [1.54, 1.807) is 16.8 Å². The van der Waals surface area contributed by atoms with Crippen molar-refractivity contribution in [2.75, 3.05) is 18.0 Å². The van der Waals surface area contributed by atoms with E-state index in [-0.39, 0.29) is 0 Å². The van der Waals surface area contributed by atoms with Crippen LogP contribution in [0.2, 0.25) is 0 Å². The first kappa shape index (κ1) is 9.94. The third kappa shape index (κ3) is 1.49. The van der Waals surface area contributed by atoms with E-state index in [0.29, 0.717) is 0 Å². The summed E-state index contributed by atoms with van der Waals surface area (Å²) in [6.07, 6.45) is 5.26. The van der Waals surface area contributed by atoms with Crippen LogP contribution in [0, 0.1) is 10.5 Å². The second kappa shape index (κ2) is 3.65. The van der Waals surface area contributed by atoms with Crippen molar-refractivity contribution in [3.8, 4) is 0 Å². The fourth-order valence-corrected chi connectivity index (χ4v) is 3.68. The van der Waals surface area contributed by atoms with Crippen molar-refractivity contribution in [1.82, 2.24) is 0 Å². The van der Waals surface area contributed by atoms with Gasteiger partial charge in [-0.15, -0.1) is 0 Å². The molecule has 0 atom stereocenters. The monoisotopic (exact) mass is 313 g/mol. The minimum atomic E-state index is 1.28. The van der Waals surface area contributed by atoms with Crippen LogP contribution < -0.4 is 4.90 Å². The molecule has 1 nitrogen and oxygen atoms in total. The van der Waals surface area contributed by atoms with Gasteiger partial charge in [-0.25, -0.2) is 0 Å². The zero-order valence-electron chi connectivity index (χ0n) is 9.15. The molecule has 1 aromatic rings. The van der Waals surface area contributed by atoms with Crippen LogP contribution in [-0.4, -0.2) is 13.1 Å². The average molecular weight is 313 g/mol. The molecule has 1 aromatic carbocycles. The third-order valence-corrected chi connectivity index (χ3v) is 4.87. The van der Waals surface area contributed by atoms with Crippen LogP contribution in [0.4, 0.5) is 5.69 Å². The molecule has 0 unspecified atom stereocenters. The largest absolute Gasteiger partial charge is 0.371 e. The van der Waals surface area contributed by atoms with Crippen LogP contribution >= 0.6 is 22.6 Å². The van der Waals surface area contributed by atoms with Gasteiger partial charge in [-0.05, 0) is 78.0 Å². The molecule has 0 bridgehead atoms.